The number of hydrogen-bond acceptors (Lipinski definition) is 1. The van der Waals surface area contributed by atoms with E-state index in [-0.39, 0.29) is 6.61 Å². The van der Waals surface area contributed by atoms with E-state index in [1.165, 1.54) is 16.7 Å². The number of hydrogen-bond donors (Lipinski definition) is 1. The van der Waals surface area contributed by atoms with E-state index < -0.39 is 0 Å². The average molecular weight is 250 g/mol. The van der Waals surface area contributed by atoms with Gasteiger partial charge in [-0.15, -0.1) is 0 Å². The van der Waals surface area contributed by atoms with Crippen LogP contribution in [0.25, 0.3) is 11.1 Å². The fourth-order valence-electron chi connectivity index (χ4n) is 1.85. The zero-order valence-electron chi connectivity index (χ0n) is 11.2. The highest BCUT2D eigenvalue weighted by molar-refractivity contribution is 5.65. The van der Waals surface area contributed by atoms with Crippen molar-refractivity contribution in [3.63, 3.8) is 0 Å². The molecular formula is C18H18O. The van der Waals surface area contributed by atoms with Gasteiger partial charge in [0.05, 0.1) is 0 Å². The van der Waals surface area contributed by atoms with Gasteiger partial charge in [0.1, 0.15) is 0 Å². The minimum Gasteiger partial charge on any atom is -0.396 e. The second-order valence-corrected chi connectivity index (χ2v) is 4.58. The maximum atomic E-state index is 8.71. The maximum absolute atomic E-state index is 8.71. The van der Waals surface area contributed by atoms with Crippen molar-refractivity contribution in [2.75, 3.05) is 6.61 Å². The van der Waals surface area contributed by atoms with Crippen molar-refractivity contribution in [3.05, 3.63) is 59.7 Å². The lowest BCUT2D eigenvalue weighted by atomic mass is 10.0. The van der Waals surface area contributed by atoms with Crippen molar-refractivity contribution in [1.29, 1.82) is 0 Å². The zero-order valence-corrected chi connectivity index (χ0v) is 11.2. The van der Waals surface area contributed by atoms with Gasteiger partial charge < -0.3 is 5.11 Å². The van der Waals surface area contributed by atoms with Crippen LogP contribution in [-0.4, -0.2) is 11.7 Å². The van der Waals surface area contributed by atoms with E-state index in [9.17, 15) is 0 Å². The fourth-order valence-corrected chi connectivity index (χ4v) is 1.85. The molecule has 0 bridgehead atoms. The van der Waals surface area contributed by atoms with Crippen LogP contribution in [0.2, 0.25) is 0 Å². The Kier molecular flexibility index (Phi) is 4.78. The second-order valence-electron chi connectivity index (χ2n) is 4.58. The van der Waals surface area contributed by atoms with Gasteiger partial charge in [-0.3, -0.25) is 0 Å². The molecule has 0 unspecified atom stereocenters. The summed E-state index contributed by atoms with van der Waals surface area (Å²) in [4.78, 5) is 0. The molecule has 0 aliphatic rings. The van der Waals surface area contributed by atoms with Crippen LogP contribution in [0.15, 0.2) is 48.5 Å². The third kappa shape index (κ3) is 3.98. The van der Waals surface area contributed by atoms with Gasteiger partial charge in [0, 0.05) is 18.6 Å². The predicted octanol–water partition coefficient (Wildman–Crippen LogP) is 3.79. The van der Waals surface area contributed by atoms with E-state index in [1.54, 1.807) is 0 Å². The molecule has 0 saturated carbocycles. The highest BCUT2D eigenvalue weighted by atomic mass is 16.2. The first-order valence-corrected chi connectivity index (χ1v) is 6.56. The smallest absolute Gasteiger partial charge is 0.0440 e. The van der Waals surface area contributed by atoms with Crippen LogP contribution >= 0.6 is 0 Å². The normalized spacial score (nSPS) is 9.79. The molecule has 0 radical (unpaired) electrons. The second kappa shape index (κ2) is 6.78. The third-order valence-corrected chi connectivity index (χ3v) is 2.94. The van der Waals surface area contributed by atoms with Crippen LogP contribution in [0.3, 0.4) is 0 Å². The molecule has 19 heavy (non-hydrogen) atoms. The number of aliphatic hydroxyl groups excluding tert-OH is 1. The molecular weight excluding hydrogens is 232 g/mol. The minimum atomic E-state index is 0.206. The van der Waals surface area contributed by atoms with Crippen molar-refractivity contribution in [2.24, 2.45) is 0 Å². The van der Waals surface area contributed by atoms with Crippen LogP contribution in [0.5, 0.6) is 0 Å². The minimum absolute atomic E-state index is 0.206. The van der Waals surface area contributed by atoms with Crippen molar-refractivity contribution >= 4 is 0 Å². The van der Waals surface area contributed by atoms with Gasteiger partial charge in [0.25, 0.3) is 0 Å². The van der Waals surface area contributed by atoms with Gasteiger partial charge in [-0.1, -0.05) is 53.8 Å². The SMILES string of the molecule is Cc1ccc(-c2cccc(C#CCCCO)c2)cc1. The lowest BCUT2D eigenvalue weighted by molar-refractivity contribution is 0.290. The number of unbranched alkanes of at least 4 members (excludes halogenated alkanes) is 1. The molecule has 0 aliphatic heterocycles. The number of benzene rings is 2. The van der Waals surface area contributed by atoms with E-state index in [0.29, 0.717) is 0 Å². The molecule has 0 aromatic heterocycles. The lowest BCUT2D eigenvalue weighted by Gasteiger charge is -2.02. The van der Waals surface area contributed by atoms with Crippen LogP contribution in [0.4, 0.5) is 0 Å². The van der Waals surface area contributed by atoms with Gasteiger partial charge >= 0.3 is 0 Å². The molecule has 0 spiro atoms. The topological polar surface area (TPSA) is 20.2 Å². The molecule has 0 saturated heterocycles. The first-order valence-electron chi connectivity index (χ1n) is 6.56. The van der Waals surface area contributed by atoms with E-state index in [1.807, 2.05) is 12.1 Å². The molecule has 1 heteroatoms. The summed E-state index contributed by atoms with van der Waals surface area (Å²) in [5.41, 5.74) is 4.69. The molecule has 0 atom stereocenters. The summed E-state index contributed by atoms with van der Waals surface area (Å²) >= 11 is 0. The fraction of sp³-hybridized carbons (Fsp3) is 0.222. The molecule has 2 aromatic rings. The van der Waals surface area contributed by atoms with Crippen LogP contribution in [0.1, 0.15) is 24.0 Å². The van der Waals surface area contributed by atoms with Crippen molar-refractivity contribution in [2.45, 2.75) is 19.8 Å². The van der Waals surface area contributed by atoms with Crippen LogP contribution < -0.4 is 0 Å². The zero-order chi connectivity index (χ0) is 13.5. The highest BCUT2D eigenvalue weighted by Crippen LogP contribution is 2.20. The molecule has 2 aromatic carbocycles. The Balaban J connectivity index is 2.18. The van der Waals surface area contributed by atoms with Crippen molar-refractivity contribution < 1.29 is 5.11 Å². The quantitative estimate of drug-likeness (QED) is 0.649. The maximum Gasteiger partial charge on any atom is 0.0440 e. The number of aryl methyl sites for hydroxylation is 1. The largest absolute Gasteiger partial charge is 0.396 e. The molecule has 0 aliphatic carbocycles. The van der Waals surface area contributed by atoms with Gasteiger partial charge in [-0.2, -0.15) is 0 Å². The summed E-state index contributed by atoms with van der Waals surface area (Å²) in [5.74, 6) is 6.22. The Morgan fingerprint density at radius 3 is 2.53 bits per heavy atom. The van der Waals surface area contributed by atoms with Crippen molar-refractivity contribution in [3.8, 4) is 23.0 Å². The summed E-state index contributed by atoms with van der Waals surface area (Å²) < 4.78 is 0. The first kappa shape index (κ1) is 13.4. The Bertz CT molecular complexity index is 585. The average Bonchev–Trinajstić information content (AvgIpc) is 2.45. The van der Waals surface area contributed by atoms with Crippen LogP contribution in [-0.2, 0) is 0 Å². The molecule has 2 rings (SSSR count). The molecule has 96 valence electrons. The Morgan fingerprint density at radius 2 is 1.79 bits per heavy atom. The van der Waals surface area contributed by atoms with E-state index in [4.69, 9.17) is 5.11 Å². The predicted molar refractivity (Wildman–Crippen MR) is 79.8 cm³/mol. The van der Waals surface area contributed by atoms with E-state index in [2.05, 4.69) is 55.2 Å². The van der Waals surface area contributed by atoms with Crippen LogP contribution in [0, 0.1) is 18.8 Å². The van der Waals surface area contributed by atoms with Crippen molar-refractivity contribution in [1.82, 2.24) is 0 Å². The monoisotopic (exact) mass is 250 g/mol. The third-order valence-electron chi connectivity index (χ3n) is 2.94. The molecule has 1 nitrogen and oxygen atoms in total. The Labute approximate surface area is 114 Å². The summed E-state index contributed by atoms with van der Waals surface area (Å²) in [6, 6.07) is 16.8. The molecule has 0 amide bonds. The number of rotatable bonds is 3. The van der Waals surface area contributed by atoms with Gasteiger partial charge in [0.15, 0.2) is 0 Å². The first-order chi connectivity index (χ1) is 9.29. The van der Waals surface area contributed by atoms with E-state index >= 15 is 0 Å². The lowest BCUT2D eigenvalue weighted by Crippen LogP contribution is -1.82. The molecule has 1 N–H and O–H groups in total. The molecule has 0 fully saturated rings. The summed E-state index contributed by atoms with van der Waals surface area (Å²) in [5, 5.41) is 8.71. The number of aliphatic hydroxyl groups is 1. The standard InChI is InChI=1S/C18H18O/c1-15-9-11-17(12-10-15)18-8-5-7-16(14-18)6-3-2-4-13-19/h5,7-12,14,19H,2,4,13H2,1H3. The molecule has 0 heterocycles. The van der Waals surface area contributed by atoms with Gasteiger partial charge in [-0.25, -0.2) is 0 Å². The van der Waals surface area contributed by atoms with Gasteiger partial charge in [-0.05, 0) is 36.6 Å². The summed E-state index contributed by atoms with van der Waals surface area (Å²) in [7, 11) is 0. The van der Waals surface area contributed by atoms with E-state index in [0.717, 1.165) is 18.4 Å². The van der Waals surface area contributed by atoms with Gasteiger partial charge in [0.2, 0.25) is 0 Å². The summed E-state index contributed by atoms with van der Waals surface area (Å²) in [6.07, 6.45) is 1.48. The Morgan fingerprint density at radius 1 is 1.00 bits per heavy atom. The highest BCUT2D eigenvalue weighted by Gasteiger charge is 1.97. The Hall–Kier alpha value is -2.04. The summed E-state index contributed by atoms with van der Waals surface area (Å²) in [6.45, 7) is 2.30.